The molecule has 2 fully saturated rings. The number of ether oxygens (including phenoxy) is 1. The summed E-state index contributed by atoms with van der Waals surface area (Å²) >= 11 is 0. The molecular weight excluding hydrogens is 264 g/mol. The molecule has 1 N–H and O–H groups in total. The van der Waals surface area contributed by atoms with Gasteiger partial charge in [-0.3, -0.25) is 4.79 Å². The van der Waals surface area contributed by atoms with Crippen molar-refractivity contribution in [2.24, 2.45) is 0 Å². The summed E-state index contributed by atoms with van der Waals surface area (Å²) in [5.74, 6) is 0.643. The second-order valence-corrected chi connectivity index (χ2v) is 6.54. The van der Waals surface area contributed by atoms with Crippen LogP contribution < -0.4 is 4.74 Å². The molecule has 0 aliphatic heterocycles. The lowest BCUT2D eigenvalue weighted by molar-refractivity contribution is -0.143. The summed E-state index contributed by atoms with van der Waals surface area (Å²) in [5, 5.41) is 9.84. The average molecular weight is 288 g/mol. The van der Waals surface area contributed by atoms with E-state index < -0.39 is 11.4 Å². The number of aliphatic carboxylic acids is 1. The minimum Gasteiger partial charge on any atom is -0.496 e. The Morgan fingerprint density at radius 1 is 1.19 bits per heavy atom. The van der Waals surface area contributed by atoms with Gasteiger partial charge in [-0.15, -0.1) is 0 Å². The predicted molar refractivity (Wildman–Crippen MR) is 82.0 cm³/mol. The maximum absolute atomic E-state index is 12.0. The van der Waals surface area contributed by atoms with Crippen molar-refractivity contribution in [2.45, 2.75) is 62.7 Å². The van der Waals surface area contributed by atoms with Crippen LogP contribution in [-0.2, 0) is 10.2 Å². The molecule has 3 rings (SSSR count). The van der Waals surface area contributed by atoms with Gasteiger partial charge in [-0.2, -0.15) is 0 Å². The molecule has 114 valence electrons. The van der Waals surface area contributed by atoms with Crippen LogP contribution in [0.5, 0.6) is 5.75 Å². The first-order valence-electron chi connectivity index (χ1n) is 8.09. The molecule has 0 unspecified atom stereocenters. The largest absolute Gasteiger partial charge is 0.496 e. The van der Waals surface area contributed by atoms with Crippen molar-refractivity contribution in [2.75, 3.05) is 7.11 Å². The molecule has 2 aliphatic rings. The van der Waals surface area contributed by atoms with E-state index in [0.717, 1.165) is 37.0 Å². The minimum absolute atomic E-state index is 0.599. The third-order valence-corrected chi connectivity index (χ3v) is 5.43. The molecule has 0 heterocycles. The van der Waals surface area contributed by atoms with Gasteiger partial charge in [0.2, 0.25) is 0 Å². The smallest absolute Gasteiger partial charge is 0.314 e. The highest BCUT2D eigenvalue weighted by Crippen LogP contribution is 2.46. The molecule has 0 radical (unpaired) electrons. The number of hydrogen-bond acceptors (Lipinski definition) is 2. The van der Waals surface area contributed by atoms with Crippen LogP contribution in [0, 0.1) is 0 Å². The molecule has 0 bridgehead atoms. The van der Waals surface area contributed by atoms with Gasteiger partial charge in [0.25, 0.3) is 0 Å². The summed E-state index contributed by atoms with van der Waals surface area (Å²) in [6.07, 6.45) is 8.47. The number of hydrogen-bond donors (Lipinski definition) is 1. The van der Waals surface area contributed by atoms with Gasteiger partial charge in [-0.1, -0.05) is 37.8 Å². The Morgan fingerprint density at radius 2 is 1.86 bits per heavy atom. The molecule has 3 nitrogen and oxygen atoms in total. The number of benzene rings is 1. The topological polar surface area (TPSA) is 46.5 Å². The molecule has 1 aromatic rings. The zero-order chi connectivity index (χ0) is 14.9. The number of methoxy groups -OCH3 is 1. The van der Waals surface area contributed by atoms with E-state index in [1.54, 1.807) is 7.11 Å². The van der Waals surface area contributed by atoms with E-state index in [2.05, 4.69) is 12.1 Å². The fourth-order valence-electron chi connectivity index (χ4n) is 4.19. The number of carbonyl (C=O) groups is 1. The lowest BCUT2D eigenvalue weighted by Gasteiger charge is -2.27. The summed E-state index contributed by atoms with van der Waals surface area (Å²) in [6, 6.07) is 6.24. The van der Waals surface area contributed by atoms with E-state index in [9.17, 15) is 9.90 Å². The molecule has 0 atom stereocenters. The van der Waals surface area contributed by atoms with Crippen LogP contribution in [0.2, 0.25) is 0 Å². The first-order chi connectivity index (χ1) is 10.2. The van der Waals surface area contributed by atoms with E-state index in [1.165, 1.54) is 31.2 Å². The van der Waals surface area contributed by atoms with Crippen LogP contribution in [0.25, 0.3) is 0 Å². The standard InChI is InChI=1S/C18H24O3/c1-21-16-9-8-14(13-6-2-3-7-13)12-15(16)18(17(19)20)10-4-5-11-18/h8-9,12-13H,2-7,10-11H2,1H3,(H,19,20). The first kappa shape index (κ1) is 14.4. The molecule has 21 heavy (non-hydrogen) atoms. The quantitative estimate of drug-likeness (QED) is 0.901. The van der Waals surface area contributed by atoms with Gasteiger partial charge in [0.1, 0.15) is 5.75 Å². The van der Waals surface area contributed by atoms with E-state index in [4.69, 9.17) is 4.74 Å². The molecule has 2 aliphatic carbocycles. The van der Waals surface area contributed by atoms with Gasteiger partial charge in [0.15, 0.2) is 0 Å². The Kier molecular flexibility index (Phi) is 3.92. The van der Waals surface area contributed by atoms with Gasteiger partial charge in [-0.25, -0.2) is 0 Å². The highest BCUT2D eigenvalue weighted by molar-refractivity contribution is 5.83. The van der Waals surface area contributed by atoms with Gasteiger partial charge < -0.3 is 9.84 Å². The van der Waals surface area contributed by atoms with Crippen LogP contribution in [0.15, 0.2) is 18.2 Å². The Labute approximate surface area is 126 Å². The predicted octanol–water partition coefficient (Wildman–Crippen LogP) is 4.25. The van der Waals surface area contributed by atoms with Crippen LogP contribution in [0.1, 0.15) is 68.4 Å². The van der Waals surface area contributed by atoms with Crippen molar-refractivity contribution < 1.29 is 14.6 Å². The summed E-state index contributed by atoms with van der Waals surface area (Å²) < 4.78 is 5.49. The van der Waals surface area contributed by atoms with Crippen molar-refractivity contribution in [3.8, 4) is 5.75 Å². The molecule has 0 saturated heterocycles. The van der Waals surface area contributed by atoms with Gasteiger partial charge >= 0.3 is 5.97 Å². The zero-order valence-corrected chi connectivity index (χ0v) is 12.7. The minimum atomic E-state index is -0.736. The normalized spacial score (nSPS) is 21.6. The average Bonchev–Trinajstić information content (AvgIpc) is 3.18. The Balaban J connectivity index is 2.05. The van der Waals surface area contributed by atoms with Crippen LogP contribution in [0.4, 0.5) is 0 Å². The molecule has 2 saturated carbocycles. The summed E-state index contributed by atoms with van der Waals surface area (Å²) in [5.41, 5.74) is 1.47. The Morgan fingerprint density at radius 3 is 2.43 bits per heavy atom. The van der Waals surface area contributed by atoms with Crippen LogP contribution in [0.3, 0.4) is 0 Å². The lowest BCUT2D eigenvalue weighted by atomic mass is 9.77. The van der Waals surface area contributed by atoms with Gasteiger partial charge in [0.05, 0.1) is 12.5 Å². The third-order valence-electron chi connectivity index (χ3n) is 5.43. The maximum Gasteiger partial charge on any atom is 0.314 e. The molecule has 0 amide bonds. The highest BCUT2D eigenvalue weighted by Gasteiger charge is 2.45. The second-order valence-electron chi connectivity index (χ2n) is 6.54. The second kappa shape index (κ2) is 5.70. The molecule has 3 heteroatoms. The molecular formula is C18H24O3. The zero-order valence-electron chi connectivity index (χ0n) is 12.7. The number of rotatable bonds is 4. The van der Waals surface area contributed by atoms with Crippen LogP contribution >= 0.6 is 0 Å². The van der Waals surface area contributed by atoms with Crippen LogP contribution in [-0.4, -0.2) is 18.2 Å². The molecule has 0 spiro atoms. The van der Waals surface area contributed by atoms with Crippen molar-refractivity contribution >= 4 is 5.97 Å². The Bertz CT molecular complexity index is 523. The fourth-order valence-corrected chi connectivity index (χ4v) is 4.19. The number of carboxylic acids is 1. The van der Waals surface area contributed by atoms with E-state index in [-0.39, 0.29) is 0 Å². The molecule has 1 aromatic carbocycles. The first-order valence-corrected chi connectivity index (χ1v) is 8.09. The van der Waals surface area contributed by atoms with Crippen molar-refractivity contribution in [1.82, 2.24) is 0 Å². The SMILES string of the molecule is COc1ccc(C2CCCC2)cc1C1(C(=O)O)CCCC1. The highest BCUT2D eigenvalue weighted by atomic mass is 16.5. The monoisotopic (exact) mass is 288 g/mol. The number of carboxylic acid groups (broad SMARTS) is 1. The fraction of sp³-hybridized carbons (Fsp3) is 0.611. The van der Waals surface area contributed by atoms with Gasteiger partial charge in [0, 0.05) is 5.56 Å². The van der Waals surface area contributed by atoms with E-state index in [0.29, 0.717) is 5.92 Å². The summed E-state index contributed by atoms with van der Waals surface area (Å²) in [6.45, 7) is 0. The molecule has 0 aromatic heterocycles. The van der Waals surface area contributed by atoms with Crippen molar-refractivity contribution in [3.63, 3.8) is 0 Å². The summed E-state index contributed by atoms with van der Waals surface area (Å²) in [7, 11) is 1.64. The third kappa shape index (κ3) is 2.43. The van der Waals surface area contributed by atoms with E-state index in [1.807, 2.05) is 6.07 Å². The van der Waals surface area contributed by atoms with E-state index >= 15 is 0 Å². The van der Waals surface area contributed by atoms with Crippen molar-refractivity contribution in [3.05, 3.63) is 29.3 Å². The lowest BCUT2D eigenvalue weighted by Crippen LogP contribution is -2.33. The maximum atomic E-state index is 12.0. The van der Waals surface area contributed by atoms with Crippen molar-refractivity contribution in [1.29, 1.82) is 0 Å². The summed E-state index contributed by atoms with van der Waals surface area (Å²) in [4.78, 5) is 12.0. The van der Waals surface area contributed by atoms with Gasteiger partial charge in [-0.05, 0) is 43.2 Å². The Hall–Kier alpha value is -1.51.